The van der Waals surface area contributed by atoms with Crippen molar-refractivity contribution in [2.45, 2.75) is 38.3 Å². The van der Waals surface area contributed by atoms with Crippen molar-refractivity contribution < 1.29 is 5.11 Å². The Morgan fingerprint density at radius 2 is 1.95 bits per heavy atom. The van der Waals surface area contributed by atoms with Gasteiger partial charge in [0.2, 0.25) is 0 Å². The Kier molecular flexibility index (Phi) is 3.48. The van der Waals surface area contributed by atoms with Gasteiger partial charge in [-0.25, -0.2) is 0 Å². The number of pyridine rings is 1. The molecule has 2 aromatic rings. The molecule has 1 aromatic carbocycles. The summed E-state index contributed by atoms with van der Waals surface area (Å²) in [6.07, 6.45) is 3.78. The zero-order chi connectivity index (χ0) is 14.2. The number of rotatable bonds is 3. The fourth-order valence-corrected chi connectivity index (χ4v) is 3.14. The Balaban J connectivity index is 1.92. The molecule has 106 valence electrons. The third kappa shape index (κ3) is 2.32. The van der Waals surface area contributed by atoms with Gasteiger partial charge in [-0.3, -0.25) is 9.88 Å². The van der Waals surface area contributed by atoms with Crippen LogP contribution in [0.3, 0.4) is 0 Å². The largest absolute Gasteiger partial charge is 0.386 e. The minimum Gasteiger partial charge on any atom is -0.386 e. The van der Waals surface area contributed by atoms with E-state index in [0.717, 1.165) is 29.6 Å². The fraction of sp³-hybridized carbons (Fsp3) is 0.471. The van der Waals surface area contributed by atoms with Crippen molar-refractivity contribution in [3.05, 3.63) is 42.1 Å². The second kappa shape index (κ2) is 5.15. The highest BCUT2D eigenvalue weighted by molar-refractivity contribution is 5.79. The van der Waals surface area contributed by atoms with E-state index in [1.54, 1.807) is 6.20 Å². The summed E-state index contributed by atoms with van der Waals surface area (Å²) in [5, 5.41) is 11.9. The number of benzene rings is 1. The third-order valence-electron chi connectivity index (χ3n) is 4.53. The van der Waals surface area contributed by atoms with Crippen molar-refractivity contribution in [2.24, 2.45) is 0 Å². The van der Waals surface area contributed by atoms with E-state index in [1.807, 2.05) is 24.3 Å². The number of hydrogen-bond acceptors (Lipinski definition) is 3. The van der Waals surface area contributed by atoms with Crippen molar-refractivity contribution in [2.75, 3.05) is 13.1 Å². The normalized spacial score (nSPS) is 18.6. The smallest absolute Gasteiger partial charge is 0.0968 e. The van der Waals surface area contributed by atoms with Crippen LogP contribution in [0, 0.1) is 0 Å². The molecule has 2 heterocycles. The van der Waals surface area contributed by atoms with Crippen LogP contribution in [0.1, 0.15) is 38.4 Å². The predicted molar refractivity (Wildman–Crippen MR) is 81.6 cm³/mol. The first-order valence-corrected chi connectivity index (χ1v) is 7.37. The maximum absolute atomic E-state index is 10.8. The molecule has 0 spiro atoms. The van der Waals surface area contributed by atoms with E-state index in [-0.39, 0.29) is 5.54 Å². The maximum Gasteiger partial charge on any atom is 0.0968 e. The Bertz CT molecular complexity index is 603. The summed E-state index contributed by atoms with van der Waals surface area (Å²) in [6, 6.07) is 10.0. The van der Waals surface area contributed by atoms with Crippen LogP contribution in [0.4, 0.5) is 0 Å². The van der Waals surface area contributed by atoms with Crippen LogP contribution in [-0.4, -0.2) is 33.6 Å². The minimum atomic E-state index is -0.481. The Labute approximate surface area is 120 Å². The first-order valence-electron chi connectivity index (χ1n) is 7.37. The highest BCUT2D eigenvalue weighted by Gasteiger charge is 2.36. The molecule has 0 bridgehead atoms. The molecular weight excluding hydrogens is 248 g/mol. The molecule has 1 aliphatic heterocycles. The highest BCUT2D eigenvalue weighted by Crippen LogP contribution is 2.34. The molecule has 20 heavy (non-hydrogen) atoms. The lowest BCUT2D eigenvalue weighted by molar-refractivity contribution is 0.00140. The van der Waals surface area contributed by atoms with Gasteiger partial charge in [-0.1, -0.05) is 12.1 Å². The lowest BCUT2D eigenvalue weighted by atomic mass is 9.89. The molecule has 3 rings (SSSR count). The predicted octanol–water partition coefficient (Wildman–Crippen LogP) is 3.14. The zero-order valence-corrected chi connectivity index (χ0v) is 12.2. The number of aromatic nitrogens is 1. The minimum absolute atomic E-state index is 0.230. The first kappa shape index (κ1) is 13.5. The number of likely N-dealkylation sites (tertiary alicyclic amines) is 1. The molecule has 1 aliphatic rings. The highest BCUT2D eigenvalue weighted by atomic mass is 16.3. The van der Waals surface area contributed by atoms with Crippen molar-refractivity contribution >= 4 is 10.9 Å². The third-order valence-corrected chi connectivity index (χ3v) is 4.53. The molecule has 0 aliphatic carbocycles. The molecule has 0 radical (unpaired) electrons. The summed E-state index contributed by atoms with van der Waals surface area (Å²) >= 11 is 0. The monoisotopic (exact) mass is 270 g/mol. The van der Waals surface area contributed by atoms with E-state index in [9.17, 15) is 5.11 Å². The average Bonchev–Trinajstić information content (AvgIpc) is 3.01. The van der Waals surface area contributed by atoms with Crippen LogP contribution in [-0.2, 0) is 0 Å². The second-order valence-corrected chi connectivity index (χ2v) is 6.21. The lowest BCUT2D eigenvalue weighted by Gasteiger charge is -2.39. The van der Waals surface area contributed by atoms with Gasteiger partial charge in [0.25, 0.3) is 0 Å². The van der Waals surface area contributed by atoms with Gasteiger partial charge in [0, 0.05) is 17.1 Å². The van der Waals surface area contributed by atoms with Crippen molar-refractivity contribution in [1.82, 2.24) is 9.88 Å². The number of hydrogen-bond donors (Lipinski definition) is 1. The summed E-state index contributed by atoms with van der Waals surface area (Å²) in [4.78, 5) is 6.72. The topological polar surface area (TPSA) is 36.4 Å². The lowest BCUT2D eigenvalue weighted by Crippen LogP contribution is -2.46. The van der Waals surface area contributed by atoms with Gasteiger partial charge in [-0.2, -0.15) is 0 Å². The van der Waals surface area contributed by atoms with Crippen LogP contribution < -0.4 is 0 Å². The van der Waals surface area contributed by atoms with E-state index in [0.29, 0.717) is 0 Å². The van der Waals surface area contributed by atoms with Gasteiger partial charge in [-0.15, -0.1) is 0 Å². The van der Waals surface area contributed by atoms with Crippen molar-refractivity contribution in [1.29, 1.82) is 0 Å². The van der Waals surface area contributed by atoms with Crippen LogP contribution in [0.5, 0.6) is 0 Å². The summed E-state index contributed by atoms with van der Waals surface area (Å²) in [6.45, 7) is 6.44. The Hall–Kier alpha value is -1.45. The fourth-order valence-electron chi connectivity index (χ4n) is 3.14. The molecule has 1 saturated heterocycles. The summed E-state index contributed by atoms with van der Waals surface area (Å²) in [5.74, 6) is 0. The number of nitrogens with zero attached hydrogens (tertiary/aromatic N) is 2. The molecule has 0 amide bonds. The number of fused-ring (bicyclic) bond motifs is 1. The molecule has 0 saturated carbocycles. The van der Waals surface area contributed by atoms with E-state index >= 15 is 0 Å². The number of aliphatic hydroxyl groups is 1. The van der Waals surface area contributed by atoms with Gasteiger partial charge in [-0.05, 0) is 63.5 Å². The molecule has 1 fully saturated rings. The van der Waals surface area contributed by atoms with Crippen molar-refractivity contribution in [3.8, 4) is 0 Å². The quantitative estimate of drug-likeness (QED) is 0.931. The maximum atomic E-state index is 10.8. The second-order valence-electron chi connectivity index (χ2n) is 6.21. The van der Waals surface area contributed by atoms with Crippen LogP contribution >= 0.6 is 0 Å². The summed E-state index contributed by atoms with van der Waals surface area (Å²) in [5.41, 5.74) is 1.72. The Morgan fingerprint density at radius 1 is 1.20 bits per heavy atom. The van der Waals surface area contributed by atoms with Crippen LogP contribution in [0.25, 0.3) is 10.9 Å². The van der Waals surface area contributed by atoms with Gasteiger partial charge in [0.15, 0.2) is 0 Å². The summed E-state index contributed by atoms with van der Waals surface area (Å²) < 4.78 is 0. The molecule has 1 N–H and O–H groups in total. The summed E-state index contributed by atoms with van der Waals surface area (Å²) in [7, 11) is 0. The van der Waals surface area contributed by atoms with Crippen molar-refractivity contribution in [3.63, 3.8) is 0 Å². The van der Waals surface area contributed by atoms with E-state index in [1.165, 1.54) is 12.8 Å². The molecule has 1 aromatic heterocycles. The zero-order valence-electron chi connectivity index (χ0n) is 12.2. The molecular formula is C17H22N2O. The molecule has 1 unspecified atom stereocenters. The van der Waals surface area contributed by atoms with Gasteiger partial charge in [0.05, 0.1) is 11.6 Å². The standard InChI is InChI=1S/C17H22N2O/c1-17(2,19-10-3-4-11-19)16(20)14-7-8-15-13(12-14)6-5-9-18-15/h5-9,12,16,20H,3-4,10-11H2,1-2H3. The van der Waals surface area contributed by atoms with Gasteiger partial charge < -0.3 is 5.11 Å². The Morgan fingerprint density at radius 3 is 2.70 bits per heavy atom. The first-order chi connectivity index (χ1) is 9.59. The SMILES string of the molecule is CC(C)(C(O)c1ccc2ncccc2c1)N1CCCC1. The van der Waals surface area contributed by atoms with Gasteiger partial charge >= 0.3 is 0 Å². The van der Waals surface area contributed by atoms with Crippen LogP contribution in [0.15, 0.2) is 36.5 Å². The number of aliphatic hydroxyl groups excluding tert-OH is 1. The molecule has 1 atom stereocenters. The van der Waals surface area contributed by atoms with Gasteiger partial charge in [0.1, 0.15) is 0 Å². The molecule has 3 nitrogen and oxygen atoms in total. The van der Waals surface area contributed by atoms with Crippen LogP contribution in [0.2, 0.25) is 0 Å². The van der Waals surface area contributed by atoms with E-state index < -0.39 is 6.10 Å². The molecule has 3 heteroatoms. The van der Waals surface area contributed by atoms with E-state index in [2.05, 4.69) is 29.8 Å². The average molecular weight is 270 g/mol. The van der Waals surface area contributed by atoms with E-state index in [4.69, 9.17) is 0 Å².